The lowest BCUT2D eigenvalue weighted by molar-refractivity contribution is -0.128. The molecular formula is C19H16N2O3S. The molecule has 0 radical (unpaired) electrons. The van der Waals surface area contributed by atoms with E-state index in [0.29, 0.717) is 17.3 Å². The molecule has 0 aromatic heterocycles. The maximum Gasteiger partial charge on any atom is 0.336 e. The number of ether oxygens (including phenoxy) is 1. The van der Waals surface area contributed by atoms with Gasteiger partial charge in [-0.05, 0) is 41.6 Å². The molecule has 6 heteroatoms. The van der Waals surface area contributed by atoms with Crippen molar-refractivity contribution < 1.29 is 14.3 Å². The largest absolute Gasteiger partial charge is 0.423 e. The van der Waals surface area contributed by atoms with Crippen LogP contribution in [0.4, 0.5) is 0 Å². The minimum Gasteiger partial charge on any atom is -0.423 e. The molecular weight excluding hydrogens is 336 g/mol. The summed E-state index contributed by atoms with van der Waals surface area (Å²) in [4.78, 5) is 23.5. The molecule has 0 saturated carbocycles. The van der Waals surface area contributed by atoms with Crippen molar-refractivity contribution in [2.75, 3.05) is 0 Å². The molecule has 2 aromatic carbocycles. The van der Waals surface area contributed by atoms with Gasteiger partial charge in [-0.25, -0.2) is 4.79 Å². The van der Waals surface area contributed by atoms with E-state index in [0.717, 1.165) is 11.1 Å². The van der Waals surface area contributed by atoms with Crippen molar-refractivity contribution in [3.8, 4) is 5.75 Å². The van der Waals surface area contributed by atoms with Gasteiger partial charge in [0, 0.05) is 12.5 Å². The first kappa shape index (κ1) is 16.9. The van der Waals surface area contributed by atoms with Crippen LogP contribution in [-0.2, 0) is 16.0 Å². The van der Waals surface area contributed by atoms with Crippen molar-refractivity contribution in [2.24, 2.45) is 0 Å². The number of thiocarbonyl (C=S) groups is 1. The second-order valence-corrected chi connectivity index (χ2v) is 5.94. The van der Waals surface area contributed by atoms with Gasteiger partial charge in [0.1, 0.15) is 11.8 Å². The second-order valence-electron chi connectivity index (χ2n) is 5.53. The zero-order chi connectivity index (χ0) is 17.6. The van der Waals surface area contributed by atoms with Crippen LogP contribution in [0, 0.1) is 0 Å². The number of amides is 1. The van der Waals surface area contributed by atoms with E-state index in [1.165, 1.54) is 6.08 Å². The number of carbonyl (C=O) groups excluding carboxylic acids is 2. The number of rotatable bonds is 5. The van der Waals surface area contributed by atoms with Crippen LogP contribution in [0.1, 0.15) is 11.1 Å². The maximum atomic E-state index is 11.8. The fourth-order valence-electron chi connectivity index (χ4n) is 2.41. The highest BCUT2D eigenvalue weighted by atomic mass is 32.1. The van der Waals surface area contributed by atoms with Crippen LogP contribution in [0.5, 0.6) is 5.75 Å². The van der Waals surface area contributed by atoms with Crippen molar-refractivity contribution in [1.82, 2.24) is 10.6 Å². The number of carbonyl (C=O) groups is 2. The van der Waals surface area contributed by atoms with Gasteiger partial charge in [-0.2, -0.15) is 0 Å². The van der Waals surface area contributed by atoms with Crippen molar-refractivity contribution in [3.05, 3.63) is 71.8 Å². The molecule has 1 aliphatic rings. The summed E-state index contributed by atoms with van der Waals surface area (Å²) in [6.45, 7) is 0. The summed E-state index contributed by atoms with van der Waals surface area (Å²) in [6.07, 6.45) is 3.59. The van der Waals surface area contributed by atoms with E-state index in [4.69, 9.17) is 17.0 Å². The van der Waals surface area contributed by atoms with Gasteiger partial charge in [0.15, 0.2) is 5.11 Å². The SMILES string of the molecule is O=C(/C=C/c1ccccc1)Oc1ccc(CC2NC(=S)NC2=O)cc1. The fraction of sp³-hybridized carbons (Fsp3) is 0.105. The zero-order valence-corrected chi connectivity index (χ0v) is 14.1. The molecule has 25 heavy (non-hydrogen) atoms. The normalized spacial score (nSPS) is 16.6. The van der Waals surface area contributed by atoms with Crippen molar-refractivity contribution in [1.29, 1.82) is 0 Å². The quantitative estimate of drug-likeness (QED) is 0.374. The molecule has 0 aliphatic carbocycles. The predicted octanol–water partition coefficient (Wildman–Crippen LogP) is 2.22. The Morgan fingerprint density at radius 3 is 2.48 bits per heavy atom. The van der Waals surface area contributed by atoms with Crippen molar-refractivity contribution in [3.63, 3.8) is 0 Å². The molecule has 5 nitrogen and oxygen atoms in total. The molecule has 126 valence electrons. The van der Waals surface area contributed by atoms with Crippen LogP contribution < -0.4 is 15.4 Å². The Morgan fingerprint density at radius 1 is 1.12 bits per heavy atom. The molecule has 3 rings (SSSR count). The summed E-state index contributed by atoms with van der Waals surface area (Å²) < 4.78 is 5.26. The first-order valence-corrected chi connectivity index (χ1v) is 8.16. The van der Waals surface area contributed by atoms with E-state index in [1.54, 1.807) is 18.2 Å². The topological polar surface area (TPSA) is 67.4 Å². The van der Waals surface area contributed by atoms with Gasteiger partial charge in [-0.15, -0.1) is 0 Å². The third-order valence-corrected chi connectivity index (χ3v) is 3.87. The molecule has 1 aliphatic heterocycles. The number of hydrogen-bond acceptors (Lipinski definition) is 4. The van der Waals surface area contributed by atoms with Crippen LogP contribution in [0.15, 0.2) is 60.7 Å². The van der Waals surface area contributed by atoms with E-state index in [2.05, 4.69) is 10.6 Å². The Balaban J connectivity index is 1.55. The minimum absolute atomic E-state index is 0.133. The highest BCUT2D eigenvalue weighted by Crippen LogP contribution is 2.15. The lowest BCUT2D eigenvalue weighted by Crippen LogP contribution is -2.30. The second kappa shape index (κ2) is 7.72. The molecule has 1 fully saturated rings. The smallest absolute Gasteiger partial charge is 0.336 e. The summed E-state index contributed by atoms with van der Waals surface area (Å²) in [6, 6.07) is 16.2. The molecule has 1 unspecified atom stereocenters. The highest BCUT2D eigenvalue weighted by Gasteiger charge is 2.26. The van der Waals surface area contributed by atoms with Crippen molar-refractivity contribution >= 4 is 35.3 Å². The first-order chi connectivity index (χ1) is 12.1. The van der Waals surface area contributed by atoms with E-state index < -0.39 is 5.97 Å². The molecule has 1 saturated heterocycles. The summed E-state index contributed by atoms with van der Waals surface area (Å²) in [5, 5.41) is 5.82. The summed E-state index contributed by atoms with van der Waals surface area (Å²) in [7, 11) is 0. The molecule has 0 bridgehead atoms. The van der Waals surface area contributed by atoms with Crippen LogP contribution in [0.3, 0.4) is 0 Å². The summed E-state index contributed by atoms with van der Waals surface area (Å²) >= 11 is 4.91. The van der Waals surface area contributed by atoms with Gasteiger partial charge >= 0.3 is 5.97 Å². The number of hydrogen-bond donors (Lipinski definition) is 2. The van der Waals surface area contributed by atoms with Gasteiger partial charge in [0.05, 0.1) is 0 Å². The molecule has 1 heterocycles. The van der Waals surface area contributed by atoms with Crippen LogP contribution in [-0.4, -0.2) is 23.0 Å². The van der Waals surface area contributed by atoms with E-state index in [-0.39, 0.29) is 11.9 Å². The Kier molecular flexibility index (Phi) is 5.20. The van der Waals surface area contributed by atoms with E-state index >= 15 is 0 Å². The van der Waals surface area contributed by atoms with Gasteiger partial charge in [-0.1, -0.05) is 42.5 Å². The summed E-state index contributed by atoms with van der Waals surface area (Å²) in [5.74, 6) is -0.129. The lowest BCUT2D eigenvalue weighted by Gasteiger charge is -2.08. The average Bonchev–Trinajstić information content (AvgIpc) is 2.93. The standard InChI is InChI=1S/C19H16N2O3S/c22-17(11-8-13-4-2-1-3-5-13)24-15-9-6-14(7-10-15)12-16-18(23)21-19(25)20-16/h1-11,16H,12H2,(H2,20,21,23,25)/b11-8+. The Labute approximate surface area is 150 Å². The van der Waals surface area contributed by atoms with E-state index in [9.17, 15) is 9.59 Å². The molecule has 0 spiro atoms. The molecule has 2 aromatic rings. The Bertz CT molecular complexity index is 816. The third kappa shape index (κ3) is 4.74. The fourth-order valence-corrected chi connectivity index (χ4v) is 2.65. The number of benzene rings is 2. The first-order valence-electron chi connectivity index (χ1n) is 7.75. The van der Waals surface area contributed by atoms with Crippen LogP contribution in [0.2, 0.25) is 0 Å². The minimum atomic E-state index is -0.446. The van der Waals surface area contributed by atoms with E-state index in [1.807, 2.05) is 42.5 Å². The van der Waals surface area contributed by atoms with Crippen LogP contribution in [0.25, 0.3) is 6.08 Å². The van der Waals surface area contributed by atoms with Gasteiger partial charge in [0.2, 0.25) is 5.91 Å². The Hall–Kier alpha value is -2.99. The molecule has 1 amide bonds. The predicted molar refractivity (Wildman–Crippen MR) is 98.9 cm³/mol. The lowest BCUT2D eigenvalue weighted by atomic mass is 10.1. The van der Waals surface area contributed by atoms with Crippen LogP contribution >= 0.6 is 12.2 Å². The van der Waals surface area contributed by atoms with Crippen molar-refractivity contribution in [2.45, 2.75) is 12.5 Å². The monoisotopic (exact) mass is 352 g/mol. The average molecular weight is 352 g/mol. The van der Waals surface area contributed by atoms with Gasteiger partial charge < -0.3 is 15.4 Å². The maximum absolute atomic E-state index is 11.8. The number of nitrogens with one attached hydrogen (secondary N) is 2. The third-order valence-electron chi connectivity index (χ3n) is 3.65. The summed E-state index contributed by atoms with van der Waals surface area (Å²) in [5.41, 5.74) is 1.87. The molecule has 2 N–H and O–H groups in total. The van der Waals surface area contributed by atoms with Gasteiger partial charge in [-0.3, -0.25) is 4.79 Å². The molecule has 1 atom stereocenters. The Morgan fingerprint density at radius 2 is 1.84 bits per heavy atom. The number of esters is 1. The zero-order valence-electron chi connectivity index (χ0n) is 13.3. The van der Waals surface area contributed by atoms with Gasteiger partial charge in [0.25, 0.3) is 0 Å². The highest BCUT2D eigenvalue weighted by molar-refractivity contribution is 7.80.